The molecule has 0 aliphatic rings. The quantitative estimate of drug-likeness (QED) is 0.766. The molecule has 0 atom stereocenters. The second kappa shape index (κ2) is 7.70. The third-order valence-corrected chi connectivity index (χ3v) is 3.49. The summed E-state index contributed by atoms with van der Waals surface area (Å²) in [5.74, 6) is 1.24. The average Bonchev–Trinajstić information content (AvgIpc) is 2.49. The van der Waals surface area contributed by atoms with Crippen molar-refractivity contribution in [3.63, 3.8) is 0 Å². The van der Waals surface area contributed by atoms with E-state index >= 15 is 0 Å². The number of nitrogens with one attached hydrogen (secondary N) is 2. The molecule has 22 heavy (non-hydrogen) atoms. The predicted octanol–water partition coefficient (Wildman–Crippen LogP) is 2.60. The smallest absolute Gasteiger partial charge is 0.244 e. The second-order valence-electron chi connectivity index (χ2n) is 5.62. The van der Waals surface area contributed by atoms with Gasteiger partial charge in [-0.2, -0.15) is 10.1 Å². The molecule has 0 saturated heterocycles. The fourth-order valence-electron chi connectivity index (χ4n) is 2.06. The number of aromatic nitrogens is 3. The Bertz CT molecular complexity index is 611. The minimum absolute atomic E-state index is 0.550. The second-order valence-corrected chi connectivity index (χ2v) is 5.62. The van der Waals surface area contributed by atoms with Crippen LogP contribution in [0.25, 0.3) is 0 Å². The first-order valence-electron chi connectivity index (χ1n) is 7.48. The molecule has 1 aromatic carbocycles. The summed E-state index contributed by atoms with van der Waals surface area (Å²) >= 11 is 0. The molecule has 0 amide bonds. The Balaban J connectivity index is 1.98. The van der Waals surface area contributed by atoms with Crippen LogP contribution >= 0.6 is 0 Å². The first-order chi connectivity index (χ1) is 10.6. The molecule has 0 radical (unpaired) electrons. The van der Waals surface area contributed by atoms with Crippen molar-refractivity contribution >= 4 is 17.5 Å². The molecule has 118 valence electrons. The zero-order valence-electron chi connectivity index (χ0n) is 13.7. The van der Waals surface area contributed by atoms with Crippen LogP contribution in [0.1, 0.15) is 17.5 Å². The van der Waals surface area contributed by atoms with Gasteiger partial charge >= 0.3 is 0 Å². The summed E-state index contributed by atoms with van der Waals surface area (Å²) in [6.07, 6.45) is 2.66. The largest absolute Gasteiger partial charge is 0.353 e. The maximum Gasteiger partial charge on any atom is 0.244 e. The lowest BCUT2D eigenvalue weighted by atomic mass is 10.1. The van der Waals surface area contributed by atoms with Gasteiger partial charge in [0.2, 0.25) is 5.95 Å². The van der Waals surface area contributed by atoms with E-state index in [1.807, 2.05) is 12.1 Å². The van der Waals surface area contributed by atoms with Crippen LogP contribution in [-0.4, -0.2) is 47.3 Å². The molecule has 6 heteroatoms. The fourth-order valence-corrected chi connectivity index (χ4v) is 2.06. The van der Waals surface area contributed by atoms with Crippen LogP contribution in [-0.2, 0) is 0 Å². The molecular weight excluding hydrogens is 276 g/mol. The number of benzene rings is 1. The maximum absolute atomic E-state index is 4.45. The molecule has 0 aliphatic carbocycles. The van der Waals surface area contributed by atoms with Gasteiger partial charge in [-0.3, -0.25) is 0 Å². The van der Waals surface area contributed by atoms with Gasteiger partial charge in [0.15, 0.2) is 5.82 Å². The van der Waals surface area contributed by atoms with Gasteiger partial charge in [-0.1, -0.05) is 12.1 Å². The summed E-state index contributed by atoms with van der Waals surface area (Å²) in [6, 6.07) is 6.16. The van der Waals surface area contributed by atoms with E-state index in [0.717, 1.165) is 25.2 Å². The van der Waals surface area contributed by atoms with Crippen LogP contribution in [0.15, 0.2) is 24.4 Å². The van der Waals surface area contributed by atoms with Gasteiger partial charge < -0.3 is 15.5 Å². The molecule has 2 N–H and O–H groups in total. The summed E-state index contributed by atoms with van der Waals surface area (Å²) in [7, 11) is 4.12. The molecule has 1 heterocycles. The zero-order valence-corrected chi connectivity index (χ0v) is 13.7. The lowest BCUT2D eigenvalue weighted by Crippen LogP contribution is -2.17. The zero-order chi connectivity index (χ0) is 15.9. The SMILES string of the molecule is Cc1cccc(Nc2cnnc(NCCCN(C)C)n2)c1C. The van der Waals surface area contributed by atoms with Crippen molar-refractivity contribution in [1.29, 1.82) is 0 Å². The minimum Gasteiger partial charge on any atom is -0.353 e. The first kappa shape index (κ1) is 16.2. The third kappa shape index (κ3) is 4.66. The molecule has 1 aromatic heterocycles. The van der Waals surface area contributed by atoms with Gasteiger partial charge in [0.25, 0.3) is 0 Å². The van der Waals surface area contributed by atoms with Crippen LogP contribution in [0, 0.1) is 13.8 Å². The summed E-state index contributed by atoms with van der Waals surface area (Å²) < 4.78 is 0. The average molecular weight is 300 g/mol. The third-order valence-electron chi connectivity index (χ3n) is 3.49. The number of nitrogens with zero attached hydrogens (tertiary/aromatic N) is 4. The van der Waals surface area contributed by atoms with E-state index in [0.29, 0.717) is 11.8 Å². The number of anilines is 3. The molecule has 0 spiro atoms. The molecule has 6 nitrogen and oxygen atoms in total. The van der Waals surface area contributed by atoms with Crippen LogP contribution in [0.3, 0.4) is 0 Å². The number of rotatable bonds is 7. The van der Waals surface area contributed by atoms with E-state index in [2.05, 4.69) is 64.7 Å². The fraction of sp³-hybridized carbons (Fsp3) is 0.438. The summed E-state index contributed by atoms with van der Waals surface area (Å²) in [4.78, 5) is 6.60. The van der Waals surface area contributed by atoms with Crippen LogP contribution < -0.4 is 10.6 Å². The standard InChI is InChI=1S/C16H24N6/c1-12-7-5-8-14(13(12)2)19-15-11-18-21-16(20-15)17-9-6-10-22(3)4/h5,7-8,11H,6,9-10H2,1-4H3,(H2,17,19,20,21). The Hall–Kier alpha value is -2.21. The van der Waals surface area contributed by atoms with E-state index in [4.69, 9.17) is 0 Å². The van der Waals surface area contributed by atoms with Crippen molar-refractivity contribution in [1.82, 2.24) is 20.1 Å². The van der Waals surface area contributed by atoms with Gasteiger partial charge in [0.1, 0.15) is 0 Å². The Morgan fingerprint density at radius 2 is 2.00 bits per heavy atom. The molecule has 0 unspecified atom stereocenters. The summed E-state index contributed by atoms with van der Waals surface area (Å²) in [5.41, 5.74) is 3.50. The Morgan fingerprint density at radius 1 is 1.18 bits per heavy atom. The van der Waals surface area contributed by atoms with Crippen LogP contribution in [0.2, 0.25) is 0 Å². The highest BCUT2D eigenvalue weighted by atomic mass is 15.3. The monoisotopic (exact) mass is 300 g/mol. The van der Waals surface area contributed by atoms with Crippen molar-refractivity contribution in [2.24, 2.45) is 0 Å². The van der Waals surface area contributed by atoms with E-state index < -0.39 is 0 Å². The number of hydrogen-bond acceptors (Lipinski definition) is 6. The van der Waals surface area contributed by atoms with E-state index in [9.17, 15) is 0 Å². The van der Waals surface area contributed by atoms with Crippen molar-refractivity contribution < 1.29 is 0 Å². The Kier molecular flexibility index (Phi) is 5.66. The van der Waals surface area contributed by atoms with Gasteiger partial charge in [-0.15, -0.1) is 5.10 Å². The molecule has 0 saturated carbocycles. The van der Waals surface area contributed by atoms with Crippen LogP contribution in [0.4, 0.5) is 17.5 Å². The van der Waals surface area contributed by atoms with E-state index in [1.54, 1.807) is 6.20 Å². The van der Waals surface area contributed by atoms with Gasteiger partial charge in [0, 0.05) is 12.2 Å². The normalized spacial score (nSPS) is 10.8. The molecule has 0 aliphatic heterocycles. The van der Waals surface area contributed by atoms with Gasteiger partial charge in [-0.25, -0.2) is 0 Å². The topological polar surface area (TPSA) is 66.0 Å². The van der Waals surface area contributed by atoms with E-state index in [-0.39, 0.29) is 0 Å². The lowest BCUT2D eigenvalue weighted by Gasteiger charge is -2.12. The minimum atomic E-state index is 0.550. The maximum atomic E-state index is 4.45. The highest BCUT2D eigenvalue weighted by Crippen LogP contribution is 2.21. The van der Waals surface area contributed by atoms with Crippen molar-refractivity contribution in [2.45, 2.75) is 20.3 Å². The van der Waals surface area contributed by atoms with Crippen molar-refractivity contribution in [3.05, 3.63) is 35.5 Å². The molecule has 2 aromatic rings. The molecule has 0 bridgehead atoms. The number of hydrogen-bond donors (Lipinski definition) is 2. The molecule has 2 rings (SSSR count). The van der Waals surface area contributed by atoms with Gasteiger partial charge in [0.05, 0.1) is 6.20 Å². The first-order valence-corrected chi connectivity index (χ1v) is 7.48. The van der Waals surface area contributed by atoms with Crippen molar-refractivity contribution in [3.8, 4) is 0 Å². The van der Waals surface area contributed by atoms with E-state index in [1.165, 1.54) is 11.1 Å². The van der Waals surface area contributed by atoms with Crippen molar-refractivity contribution in [2.75, 3.05) is 37.8 Å². The van der Waals surface area contributed by atoms with Gasteiger partial charge in [-0.05, 0) is 58.1 Å². The lowest BCUT2D eigenvalue weighted by molar-refractivity contribution is 0.405. The molecule has 0 fully saturated rings. The highest BCUT2D eigenvalue weighted by molar-refractivity contribution is 5.61. The Labute approximate surface area is 132 Å². The Morgan fingerprint density at radius 3 is 2.77 bits per heavy atom. The summed E-state index contributed by atoms with van der Waals surface area (Å²) in [6.45, 7) is 6.04. The highest BCUT2D eigenvalue weighted by Gasteiger charge is 2.04. The van der Waals surface area contributed by atoms with Crippen LogP contribution in [0.5, 0.6) is 0 Å². The summed E-state index contributed by atoms with van der Waals surface area (Å²) in [5, 5.41) is 14.5. The predicted molar refractivity (Wildman–Crippen MR) is 90.7 cm³/mol. The number of aryl methyl sites for hydroxylation is 1. The molecular formula is C16H24N6.